The van der Waals surface area contributed by atoms with Gasteiger partial charge in [0.05, 0.1) is 10.8 Å². The number of anilines is 1. The van der Waals surface area contributed by atoms with Crippen LogP contribution in [0, 0.1) is 23.0 Å². The van der Waals surface area contributed by atoms with Crippen LogP contribution in [-0.2, 0) is 4.79 Å². The molecule has 1 aliphatic rings. The van der Waals surface area contributed by atoms with Crippen molar-refractivity contribution in [2.45, 2.75) is 26.2 Å². The maximum absolute atomic E-state index is 11.3. The molecule has 7 heteroatoms. The van der Waals surface area contributed by atoms with Gasteiger partial charge in [-0.3, -0.25) is 14.9 Å². The third kappa shape index (κ3) is 4.92. The number of piperidine rings is 1. The summed E-state index contributed by atoms with van der Waals surface area (Å²) in [6.07, 6.45) is 2.72. The van der Waals surface area contributed by atoms with E-state index in [0.717, 1.165) is 44.5 Å². The number of hydrogen-bond acceptors (Lipinski definition) is 5. The molecule has 23 heavy (non-hydrogen) atoms. The highest BCUT2D eigenvalue weighted by Crippen LogP contribution is 2.25. The van der Waals surface area contributed by atoms with Gasteiger partial charge < -0.3 is 16.0 Å². The van der Waals surface area contributed by atoms with Crippen LogP contribution in [0.25, 0.3) is 0 Å². The topological polar surface area (TPSA) is 102 Å². The highest BCUT2D eigenvalue weighted by atomic mass is 16.6. The van der Waals surface area contributed by atoms with Gasteiger partial charge in [-0.1, -0.05) is 6.07 Å². The van der Waals surface area contributed by atoms with E-state index in [1.807, 2.05) is 13.0 Å². The monoisotopic (exact) mass is 320 g/mol. The molecule has 0 bridgehead atoms. The average molecular weight is 320 g/mol. The van der Waals surface area contributed by atoms with E-state index in [2.05, 4.69) is 10.2 Å². The summed E-state index contributed by atoms with van der Waals surface area (Å²) in [4.78, 5) is 24.2. The number of carbonyl (C=O) groups is 1. The zero-order valence-electron chi connectivity index (χ0n) is 13.5. The number of carbonyl (C=O) groups excluding carboxylic acids is 1. The van der Waals surface area contributed by atoms with Gasteiger partial charge in [-0.05, 0) is 50.9 Å². The van der Waals surface area contributed by atoms with Gasteiger partial charge in [-0.25, -0.2) is 0 Å². The van der Waals surface area contributed by atoms with E-state index >= 15 is 0 Å². The largest absolute Gasteiger partial charge is 0.379 e. The zero-order chi connectivity index (χ0) is 16.8. The average Bonchev–Trinajstić information content (AvgIpc) is 2.52. The second kappa shape index (κ2) is 7.92. The Morgan fingerprint density at radius 2 is 2.30 bits per heavy atom. The molecule has 1 aliphatic heterocycles. The first-order valence-corrected chi connectivity index (χ1v) is 7.98. The molecule has 126 valence electrons. The highest BCUT2D eigenvalue weighted by Gasteiger charge is 2.23. The van der Waals surface area contributed by atoms with Gasteiger partial charge >= 0.3 is 0 Å². The number of nitrogens with two attached hydrogens (primary N) is 1. The van der Waals surface area contributed by atoms with Gasteiger partial charge in [0.25, 0.3) is 5.69 Å². The minimum absolute atomic E-state index is 0.0464. The third-order valence-electron chi connectivity index (χ3n) is 4.22. The fourth-order valence-electron chi connectivity index (χ4n) is 2.96. The van der Waals surface area contributed by atoms with Crippen molar-refractivity contribution >= 4 is 17.3 Å². The van der Waals surface area contributed by atoms with Crippen LogP contribution < -0.4 is 11.1 Å². The number of benzene rings is 1. The molecule has 0 radical (unpaired) electrons. The first-order chi connectivity index (χ1) is 11.0. The molecule has 1 unspecified atom stereocenters. The van der Waals surface area contributed by atoms with Crippen LogP contribution in [0.15, 0.2) is 18.2 Å². The quantitative estimate of drug-likeness (QED) is 0.454. The Morgan fingerprint density at radius 3 is 3.00 bits per heavy atom. The molecule has 1 amide bonds. The Morgan fingerprint density at radius 1 is 1.52 bits per heavy atom. The lowest BCUT2D eigenvalue weighted by Crippen LogP contribution is -2.41. The van der Waals surface area contributed by atoms with Crippen molar-refractivity contribution in [3.05, 3.63) is 33.9 Å². The summed E-state index contributed by atoms with van der Waals surface area (Å²) < 4.78 is 0. The Bertz CT molecular complexity index is 576. The standard InChI is InChI=1S/C16H24N4O3/c1-12-5-6-14(15(10-12)20(22)23)18-7-3-9-19-8-2-4-13(11-19)16(17)21/h5-6,10,13,18H,2-4,7-9,11H2,1H3,(H2,17,21). The molecule has 1 aromatic carbocycles. The van der Waals surface area contributed by atoms with Gasteiger partial charge in [-0.15, -0.1) is 0 Å². The number of aryl methyl sites for hydroxylation is 1. The Labute approximate surface area is 136 Å². The molecule has 1 atom stereocenters. The highest BCUT2D eigenvalue weighted by molar-refractivity contribution is 5.76. The summed E-state index contributed by atoms with van der Waals surface area (Å²) in [6, 6.07) is 5.18. The summed E-state index contributed by atoms with van der Waals surface area (Å²) in [6.45, 7) is 5.05. The number of nitro benzene ring substituents is 1. The second-order valence-corrected chi connectivity index (χ2v) is 6.10. The van der Waals surface area contributed by atoms with Crippen molar-refractivity contribution in [1.29, 1.82) is 0 Å². The van der Waals surface area contributed by atoms with Crippen LogP contribution in [0.1, 0.15) is 24.8 Å². The van der Waals surface area contributed by atoms with Crippen molar-refractivity contribution in [1.82, 2.24) is 4.90 Å². The number of nitrogens with one attached hydrogen (secondary N) is 1. The molecule has 0 spiro atoms. The number of rotatable bonds is 7. The fraction of sp³-hybridized carbons (Fsp3) is 0.562. The van der Waals surface area contributed by atoms with Crippen LogP contribution in [0.5, 0.6) is 0 Å². The molecule has 1 fully saturated rings. The molecule has 3 N–H and O–H groups in total. The molecule has 1 heterocycles. The zero-order valence-corrected chi connectivity index (χ0v) is 13.5. The fourth-order valence-corrected chi connectivity index (χ4v) is 2.96. The van der Waals surface area contributed by atoms with Crippen LogP contribution >= 0.6 is 0 Å². The molecule has 0 saturated carbocycles. The molecule has 0 aromatic heterocycles. The van der Waals surface area contributed by atoms with Gasteiger partial charge in [0.15, 0.2) is 0 Å². The summed E-state index contributed by atoms with van der Waals surface area (Å²) in [5.41, 5.74) is 6.90. The van der Waals surface area contributed by atoms with Gasteiger partial charge in [-0.2, -0.15) is 0 Å². The Kier molecular flexibility index (Phi) is 5.92. The summed E-state index contributed by atoms with van der Waals surface area (Å²) >= 11 is 0. The second-order valence-electron chi connectivity index (χ2n) is 6.10. The predicted octanol–water partition coefficient (Wildman–Crippen LogP) is 1.90. The molecule has 0 aliphatic carbocycles. The van der Waals surface area contributed by atoms with Gasteiger partial charge in [0, 0.05) is 19.2 Å². The van der Waals surface area contributed by atoms with Crippen LogP contribution in [0.3, 0.4) is 0 Å². The van der Waals surface area contributed by atoms with Crippen LogP contribution in [-0.4, -0.2) is 41.9 Å². The van der Waals surface area contributed by atoms with Crippen molar-refractivity contribution < 1.29 is 9.72 Å². The molecule has 1 aromatic rings. The smallest absolute Gasteiger partial charge is 0.292 e. The minimum Gasteiger partial charge on any atom is -0.379 e. The van der Waals surface area contributed by atoms with E-state index in [1.54, 1.807) is 12.1 Å². The molecule has 2 rings (SSSR count). The lowest BCUT2D eigenvalue weighted by atomic mass is 9.97. The molecular formula is C16H24N4O3. The van der Waals surface area contributed by atoms with Crippen LogP contribution in [0.4, 0.5) is 11.4 Å². The SMILES string of the molecule is Cc1ccc(NCCCN2CCCC(C(N)=O)C2)c([N+](=O)[O-])c1. The number of amides is 1. The molecule has 1 saturated heterocycles. The Balaban J connectivity index is 1.79. The lowest BCUT2D eigenvalue weighted by Gasteiger charge is -2.31. The number of primary amides is 1. The third-order valence-corrected chi connectivity index (χ3v) is 4.22. The summed E-state index contributed by atoms with van der Waals surface area (Å²) in [5, 5.41) is 14.2. The first kappa shape index (κ1) is 17.2. The number of likely N-dealkylation sites (tertiary alicyclic amines) is 1. The minimum atomic E-state index is -0.364. The van der Waals surface area contributed by atoms with Crippen molar-refractivity contribution in [2.75, 3.05) is 31.5 Å². The number of hydrogen-bond donors (Lipinski definition) is 2. The van der Waals surface area contributed by atoms with Crippen molar-refractivity contribution in [2.24, 2.45) is 11.7 Å². The normalized spacial score (nSPS) is 18.6. The lowest BCUT2D eigenvalue weighted by molar-refractivity contribution is -0.384. The maximum Gasteiger partial charge on any atom is 0.292 e. The summed E-state index contributed by atoms with van der Waals surface area (Å²) in [5.74, 6) is -0.266. The molecule has 7 nitrogen and oxygen atoms in total. The van der Waals surface area contributed by atoms with Gasteiger partial charge in [0.1, 0.15) is 5.69 Å². The molecular weight excluding hydrogens is 296 g/mol. The summed E-state index contributed by atoms with van der Waals surface area (Å²) in [7, 11) is 0. The predicted molar refractivity (Wildman–Crippen MR) is 89.3 cm³/mol. The van der Waals surface area contributed by atoms with E-state index in [-0.39, 0.29) is 22.4 Å². The van der Waals surface area contributed by atoms with Crippen molar-refractivity contribution in [3.8, 4) is 0 Å². The first-order valence-electron chi connectivity index (χ1n) is 7.98. The van der Waals surface area contributed by atoms with Gasteiger partial charge in [0.2, 0.25) is 5.91 Å². The number of nitro groups is 1. The van der Waals surface area contributed by atoms with E-state index < -0.39 is 0 Å². The van der Waals surface area contributed by atoms with E-state index in [9.17, 15) is 14.9 Å². The van der Waals surface area contributed by atoms with E-state index in [0.29, 0.717) is 12.2 Å². The van der Waals surface area contributed by atoms with Crippen LogP contribution in [0.2, 0.25) is 0 Å². The van der Waals surface area contributed by atoms with Crippen molar-refractivity contribution in [3.63, 3.8) is 0 Å². The number of nitrogens with zero attached hydrogens (tertiary/aromatic N) is 2. The van der Waals surface area contributed by atoms with E-state index in [1.165, 1.54) is 0 Å². The Hall–Kier alpha value is -2.15. The maximum atomic E-state index is 11.3. The van der Waals surface area contributed by atoms with E-state index in [4.69, 9.17) is 5.73 Å².